The number of aromatic amines is 1. The Morgan fingerprint density at radius 3 is 2.94 bits per heavy atom. The smallest absolute Gasteiger partial charge is 0.295 e. The van der Waals surface area contributed by atoms with Crippen molar-refractivity contribution in [3.63, 3.8) is 0 Å². The highest BCUT2D eigenvalue weighted by atomic mass is 35.5. The lowest BCUT2D eigenvalue weighted by molar-refractivity contribution is 0.101. The van der Waals surface area contributed by atoms with Crippen LogP contribution in [0.1, 0.15) is 35.2 Å². The average Bonchev–Trinajstić information content (AvgIpc) is 3.10. The van der Waals surface area contributed by atoms with Gasteiger partial charge in [0.15, 0.2) is 0 Å². The summed E-state index contributed by atoms with van der Waals surface area (Å²) in [4.78, 5) is 19.9. The zero-order valence-electron chi connectivity index (χ0n) is 9.35. The molecule has 0 unspecified atom stereocenters. The van der Waals surface area contributed by atoms with Crippen molar-refractivity contribution in [2.24, 2.45) is 0 Å². The van der Waals surface area contributed by atoms with Gasteiger partial charge in [-0.2, -0.15) is 0 Å². The molecule has 2 heterocycles. The van der Waals surface area contributed by atoms with E-state index in [1.165, 1.54) is 6.20 Å². The van der Waals surface area contributed by atoms with Crippen LogP contribution in [0.25, 0.3) is 0 Å². The van der Waals surface area contributed by atoms with Gasteiger partial charge in [0.05, 0.1) is 11.9 Å². The highest BCUT2D eigenvalue weighted by Gasteiger charge is 2.28. The SMILES string of the molecule is O=C(Nc1ccc(Cl)nc1)c1n[nH]c(C2CC2)n1. The number of anilines is 1. The number of hydrogen-bond acceptors (Lipinski definition) is 4. The lowest BCUT2D eigenvalue weighted by atomic mass is 10.4. The van der Waals surface area contributed by atoms with Crippen LogP contribution < -0.4 is 5.32 Å². The molecule has 0 aromatic carbocycles. The molecular formula is C11H10ClN5O. The fraction of sp³-hybridized carbons (Fsp3) is 0.273. The van der Waals surface area contributed by atoms with Gasteiger partial charge in [0.25, 0.3) is 5.91 Å². The fourth-order valence-corrected chi connectivity index (χ4v) is 1.66. The Morgan fingerprint density at radius 2 is 2.28 bits per heavy atom. The molecular weight excluding hydrogens is 254 g/mol. The summed E-state index contributed by atoms with van der Waals surface area (Å²) in [7, 11) is 0. The Balaban J connectivity index is 1.71. The molecule has 3 rings (SSSR count). The van der Waals surface area contributed by atoms with Gasteiger partial charge in [-0.25, -0.2) is 9.97 Å². The van der Waals surface area contributed by atoms with Crippen molar-refractivity contribution in [1.29, 1.82) is 0 Å². The number of halogens is 1. The van der Waals surface area contributed by atoms with E-state index >= 15 is 0 Å². The first-order valence-corrected chi connectivity index (χ1v) is 5.95. The molecule has 2 N–H and O–H groups in total. The van der Waals surface area contributed by atoms with Crippen LogP contribution in [0.3, 0.4) is 0 Å². The van der Waals surface area contributed by atoms with Crippen molar-refractivity contribution in [2.75, 3.05) is 5.32 Å². The van der Waals surface area contributed by atoms with Crippen molar-refractivity contribution >= 4 is 23.2 Å². The third-order valence-electron chi connectivity index (χ3n) is 2.66. The van der Waals surface area contributed by atoms with Gasteiger partial charge in [0.1, 0.15) is 11.0 Å². The predicted molar refractivity (Wildman–Crippen MR) is 65.6 cm³/mol. The van der Waals surface area contributed by atoms with Crippen LogP contribution in [0.15, 0.2) is 18.3 Å². The molecule has 6 nitrogen and oxygen atoms in total. The zero-order valence-corrected chi connectivity index (χ0v) is 10.1. The van der Waals surface area contributed by atoms with Crippen LogP contribution in [-0.4, -0.2) is 26.1 Å². The van der Waals surface area contributed by atoms with Gasteiger partial charge in [-0.1, -0.05) is 11.6 Å². The molecule has 1 amide bonds. The zero-order chi connectivity index (χ0) is 12.5. The molecule has 0 atom stereocenters. The molecule has 0 saturated heterocycles. The van der Waals surface area contributed by atoms with E-state index in [9.17, 15) is 4.79 Å². The van der Waals surface area contributed by atoms with E-state index in [1.54, 1.807) is 12.1 Å². The third-order valence-corrected chi connectivity index (χ3v) is 2.88. The molecule has 0 radical (unpaired) electrons. The topological polar surface area (TPSA) is 83.6 Å². The Morgan fingerprint density at radius 1 is 1.44 bits per heavy atom. The standard InChI is InChI=1S/C11H10ClN5O/c12-8-4-3-7(5-13-8)14-11(18)10-15-9(16-17-10)6-1-2-6/h3-6H,1-2H2,(H,14,18)(H,15,16,17). The highest BCUT2D eigenvalue weighted by Crippen LogP contribution is 2.37. The number of hydrogen-bond donors (Lipinski definition) is 2. The number of rotatable bonds is 3. The van der Waals surface area contributed by atoms with Crippen molar-refractivity contribution in [3.05, 3.63) is 35.1 Å². The summed E-state index contributed by atoms with van der Waals surface area (Å²) in [5.41, 5.74) is 0.558. The largest absolute Gasteiger partial charge is 0.318 e. The van der Waals surface area contributed by atoms with Gasteiger partial charge < -0.3 is 5.32 Å². The average molecular weight is 264 g/mol. The molecule has 1 saturated carbocycles. The highest BCUT2D eigenvalue weighted by molar-refractivity contribution is 6.29. The van der Waals surface area contributed by atoms with Crippen molar-refractivity contribution in [2.45, 2.75) is 18.8 Å². The molecule has 18 heavy (non-hydrogen) atoms. The summed E-state index contributed by atoms with van der Waals surface area (Å²) in [6.07, 6.45) is 3.70. The van der Waals surface area contributed by atoms with Crippen molar-refractivity contribution in [3.8, 4) is 0 Å². The van der Waals surface area contributed by atoms with Crippen LogP contribution in [0.5, 0.6) is 0 Å². The Kier molecular flexibility index (Phi) is 2.71. The van der Waals surface area contributed by atoms with Gasteiger partial charge in [0, 0.05) is 5.92 Å². The number of nitrogens with zero attached hydrogens (tertiary/aromatic N) is 3. The van der Waals surface area contributed by atoms with Crippen LogP contribution in [0, 0.1) is 0 Å². The number of H-pyrrole nitrogens is 1. The first-order chi connectivity index (χ1) is 8.72. The summed E-state index contributed by atoms with van der Waals surface area (Å²) >= 11 is 5.66. The van der Waals surface area contributed by atoms with E-state index < -0.39 is 0 Å². The van der Waals surface area contributed by atoms with Gasteiger partial charge in [-0.3, -0.25) is 9.89 Å². The lowest BCUT2D eigenvalue weighted by Crippen LogP contribution is -2.13. The number of nitrogens with one attached hydrogen (secondary N) is 2. The van der Waals surface area contributed by atoms with E-state index in [1.807, 2.05) is 0 Å². The minimum Gasteiger partial charge on any atom is -0.318 e. The molecule has 7 heteroatoms. The summed E-state index contributed by atoms with van der Waals surface area (Å²) in [6, 6.07) is 3.27. The molecule has 2 aromatic heterocycles. The second-order valence-electron chi connectivity index (χ2n) is 4.14. The monoisotopic (exact) mass is 263 g/mol. The number of carbonyl (C=O) groups excluding carboxylic acids is 1. The molecule has 1 fully saturated rings. The first-order valence-electron chi connectivity index (χ1n) is 5.57. The molecule has 1 aliphatic rings. The van der Waals surface area contributed by atoms with E-state index in [0.717, 1.165) is 18.7 Å². The molecule has 92 valence electrons. The van der Waals surface area contributed by atoms with Crippen LogP contribution in [0.2, 0.25) is 5.15 Å². The van der Waals surface area contributed by atoms with Gasteiger partial charge >= 0.3 is 0 Å². The van der Waals surface area contributed by atoms with Crippen molar-refractivity contribution < 1.29 is 4.79 Å². The molecule has 0 bridgehead atoms. The first kappa shape index (κ1) is 11.2. The Hall–Kier alpha value is -1.95. The third kappa shape index (κ3) is 2.33. The summed E-state index contributed by atoms with van der Waals surface area (Å²) < 4.78 is 0. The maximum atomic E-state index is 11.8. The van der Waals surface area contributed by atoms with Gasteiger partial charge in [-0.15, -0.1) is 5.10 Å². The summed E-state index contributed by atoms with van der Waals surface area (Å²) in [5.74, 6) is 1.01. The predicted octanol–water partition coefficient (Wildman–Crippen LogP) is 1.98. The van der Waals surface area contributed by atoms with E-state index in [4.69, 9.17) is 11.6 Å². The Labute approximate surface area is 108 Å². The molecule has 2 aromatic rings. The molecule has 0 aliphatic heterocycles. The number of aromatic nitrogens is 4. The number of carbonyl (C=O) groups is 1. The van der Waals surface area contributed by atoms with Gasteiger partial charge in [0.2, 0.25) is 5.82 Å². The minimum absolute atomic E-state index is 0.145. The summed E-state index contributed by atoms with van der Waals surface area (Å²) in [5, 5.41) is 9.71. The maximum Gasteiger partial charge on any atom is 0.295 e. The van der Waals surface area contributed by atoms with E-state index in [0.29, 0.717) is 16.8 Å². The van der Waals surface area contributed by atoms with E-state index in [-0.39, 0.29) is 11.7 Å². The molecule has 0 spiro atoms. The van der Waals surface area contributed by atoms with Crippen LogP contribution >= 0.6 is 11.6 Å². The van der Waals surface area contributed by atoms with Crippen molar-refractivity contribution in [1.82, 2.24) is 20.2 Å². The minimum atomic E-state index is -0.359. The van der Waals surface area contributed by atoms with Crippen LogP contribution in [0.4, 0.5) is 5.69 Å². The maximum absolute atomic E-state index is 11.8. The van der Waals surface area contributed by atoms with Crippen LogP contribution in [-0.2, 0) is 0 Å². The lowest BCUT2D eigenvalue weighted by Gasteiger charge is -2.00. The fourth-order valence-electron chi connectivity index (χ4n) is 1.55. The number of pyridine rings is 1. The summed E-state index contributed by atoms with van der Waals surface area (Å²) in [6.45, 7) is 0. The normalized spacial score (nSPS) is 14.5. The second kappa shape index (κ2) is 4.38. The van der Waals surface area contributed by atoms with Gasteiger partial charge in [-0.05, 0) is 25.0 Å². The quantitative estimate of drug-likeness (QED) is 0.830. The Bertz CT molecular complexity index is 575. The second-order valence-corrected chi connectivity index (χ2v) is 4.53. The van der Waals surface area contributed by atoms with E-state index in [2.05, 4.69) is 25.5 Å². The number of amides is 1. The molecule has 1 aliphatic carbocycles.